The molecule has 2 aromatic heterocycles. The van der Waals surface area contributed by atoms with Gasteiger partial charge in [0.05, 0.1) is 11.3 Å². The highest BCUT2D eigenvalue weighted by molar-refractivity contribution is 6.17. The van der Waals surface area contributed by atoms with Crippen molar-refractivity contribution in [3.63, 3.8) is 0 Å². The molecule has 1 aliphatic heterocycles. The van der Waals surface area contributed by atoms with E-state index in [0.717, 1.165) is 19.3 Å². The number of rotatable bonds is 11. The number of likely N-dealkylation sites (tertiary alicyclic amines) is 1. The predicted molar refractivity (Wildman–Crippen MR) is 172 cm³/mol. The predicted octanol–water partition coefficient (Wildman–Crippen LogP) is 5.68. The Kier molecular flexibility index (Phi) is 9.33. The Morgan fingerprint density at radius 3 is 2.40 bits per heavy atom. The van der Waals surface area contributed by atoms with Crippen molar-refractivity contribution >= 4 is 29.9 Å². The van der Waals surface area contributed by atoms with Gasteiger partial charge in [-0.25, -0.2) is 19.6 Å². The lowest BCUT2D eigenvalue weighted by molar-refractivity contribution is -0.119. The van der Waals surface area contributed by atoms with Gasteiger partial charge < -0.3 is 28.5 Å². The molecule has 1 aliphatic rings. The van der Waals surface area contributed by atoms with E-state index in [1.165, 1.54) is 6.33 Å². The SMILES string of the molecule is N=C(c1ccc(Oc2ccccc2)cc1)c1c(NC(=O)OCc2oc(=O)oc2-c2ccccc2)ncnc1NC1CCCN(C=O)C1. The molecule has 0 spiro atoms. The van der Waals surface area contributed by atoms with Crippen LogP contribution in [-0.2, 0) is 16.1 Å². The number of hydrogen-bond acceptors (Lipinski definition) is 11. The van der Waals surface area contributed by atoms with Crippen molar-refractivity contribution in [2.75, 3.05) is 23.7 Å². The highest BCUT2D eigenvalue weighted by Gasteiger charge is 2.25. The molecule has 0 bridgehead atoms. The van der Waals surface area contributed by atoms with Gasteiger partial charge in [0.2, 0.25) is 6.41 Å². The average molecular weight is 635 g/mol. The first-order valence-electron chi connectivity index (χ1n) is 14.8. The van der Waals surface area contributed by atoms with Crippen molar-refractivity contribution in [1.82, 2.24) is 14.9 Å². The number of carbonyl (C=O) groups excluding carboxylic acids is 2. The number of anilines is 2. The normalized spacial score (nSPS) is 14.2. The molecule has 5 aromatic rings. The third kappa shape index (κ3) is 7.53. The van der Waals surface area contributed by atoms with Gasteiger partial charge >= 0.3 is 11.9 Å². The van der Waals surface area contributed by atoms with E-state index in [1.54, 1.807) is 53.4 Å². The molecule has 1 unspecified atom stereocenters. The lowest BCUT2D eigenvalue weighted by atomic mass is 10.0. The fourth-order valence-electron chi connectivity index (χ4n) is 5.17. The molecule has 2 amide bonds. The van der Waals surface area contributed by atoms with Gasteiger partial charge in [-0.05, 0) is 49.2 Å². The molecule has 1 atom stereocenters. The monoisotopic (exact) mass is 634 g/mol. The van der Waals surface area contributed by atoms with Crippen LogP contribution < -0.4 is 21.2 Å². The molecular formula is C34H30N6O7. The van der Waals surface area contributed by atoms with Crippen LogP contribution in [-0.4, -0.2) is 52.2 Å². The van der Waals surface area contributed by atoms with Crippen molar-refractivity contribution < 1.29 is 27.9 Å². The molecule has 0 saturated carbocycles. The van der Waals surface area contributed by atoms with E-state index < -0.39 is 18.5 Å². The van der Waals surface area contributed by atoms with Crippen molar-refractivity contribution in [2.45, 2.75) is 25.5 Å². The second kappa shape index (κ2) is 14.2. The maximum atomic E-state index is 13.1. The van der Waals surface area contributed by atoms with Crippen LogP contribution in [0.3, 0.4) is 0 Å². The van der Waals surface area contributed by atoms with E-state index in [9.17, 15) is 14.4 Å². The van der Waals surface area contributed by atoms with E-state index >= 15 is 0 Å². The topological polar surface area (TPSA) is 173 Å². The fraction of sp³-hybridized carbons (Fsp3) is 0.176. The summed E-state index contributed by atoms with van der Waals surface area (Å²) in [5, 5.41) is 15.1. The summed E-state index contributed by atoms with van der Waals surface area (Å²) in [6.07, 6.45) is 2.72. The summed E-state index contributed by atoms with van der Waals surface area (Å²) < 4.78 is 21.6. The number of hydrogen-bond donors (Lipinski definition) is 3. The van der Waals surface area contributed by atoms with Crippen LogP contribution in [0.1, 0.15) is 29.7 Å². The largest absolute Gasteiger partial charge is 0.519 e. The van der Waals surface area contributed by atoms with Crippen LogP contribution in [0.2, 0.25) is 0 Å². The minimum atomic E-state index is -0.929. The molecule has 0 radical (unpaired) electrons. The number of piperidine rings is 1. The number of ether oxygens (including phenoxy) is 2. The van der Waals surface area contributed by atoms with Crippen LogP contribution in [0, 0.1) is 5.41 Å². The first kappa shape index (κ1) is 30.8. The third-order valence-electron chi connectivity index (χ3n) is 7.40. The molecule has 3 aromatic carbocycles. The maximum absolute atomic E-state index is 13.1. The molecule has 1 fully saturated rings. The van der Waals surface area contributed by atoms with Gasteiger partial charge in [-0.3, -0.25) is 15.5 Å². The first-order chi connectivity index (χ1) is 23.0. The van der Waals surface area contributed by atoms with Crippen molar-refractivity contribution in [3.05, 3.63) is 119 Å². The molecular weight excluding hydrogens is 604 g/mol. The Labute approximate surface area is 268 Å². The number of amides is 2. The Morgan fingerprint density at radius 1 is 0.957 bits per heavy atom. The summed E-state index contributed by atoms with van der Waals surface area (Å²) >= 11 is 0. The molecule has 0 aliphatic carbocycles. The summed E-state index contributed by atoms with van der Waals surface area (Å²) in [6, 6.07) is 24.9. The molecule has 3 N–H and O–H groups in total. The van der Waals surface area contributed by atoms with Crippen LogP contribution in [0.25, 0.3) is 11.3 Å². The average Bonchev–Trinajstić information content (AvgIpc) is 3.48. The number of nitrogens with one attached hydrogen (secondary N) is 3. The second-order valence-electron chi connectivity index (χ2n) is 10.6. The number of carbonyl (C=O) groups is 2. The van der Waals surface area contributed by atoms with Gasteiger partial charge in [-0.1, -0.05) is 48.5 Å². The first-order valence-corrected chi connectivity index (χ1v) is 14.8. The third-order valence-corrected chi connectivity index (χ3v) is 7.40. The van der Waals surface area contributed by atoms with Crippen LogP contribution in [0.5, 0.6) is 11.5 Å². The Bertz CT molecular complexity index is 1910. The Hall–Kier alpha value is -6.24. The van der Waals surface area contributed by atoms with Gasteiger partial charge in [0.25, 0.3) is 0 Å². The summed E-state index contributed by atoms with van der Waals surface area (Å²) in [4.78, 5) is 46.7. The fourth-order valence-corrected chi connectivity index (χ4v) is 5.17. The molecule has 13 nitrogen and oxygen atoms in total. The minimum Gasteiger partial charge on any atom is -0.457 e. The van der Waals surface area contributed by atoms with E-state index in [1.807, 2.05) is 36.4 Å². The zero-order valence-corrected chi connectivity index (χ0v) is 25.0. The lowest BCUT2D eigenvalue weighted by Crippen LogP contribution is -2.41. The Balaban J connectivity index is 1.24. The molecule has 47 heavy (non-hydrogen) atoms. The zero-order valence-electron chi connectivity index (χ0n) is 25.0. The molecule has 238 valence electrons. The van der Waals surface area contributed by atoms with Gasteiger partial charge in [-0.2, -0.15) is 0 Å². The summed E-state index contributed by atoms with van der Waals surface area (Å²) in [7, 11) is 0. The summed E-state index contributed by atoms with van der Waals surface area (Å²) in [5.41, 5.74) is 1.32. The molecule has 6 rings (SSSR count). The van der Waals surface area contributed by atoms with Crippen LogP contribution in [0.15, 0.2) is 105 Å². The number of benzene rings is 3. The quantitative estimate of drug-likeness (QED) is 0.121. The highest BCUT2D eigenvalue weighted by Crippen LogP contribution is 2.28. The second-order valence-corrected chi connectivity index (χ2v) is 10.6. The van der Waals surface area contributed by atoms with Crippen molar-refractivity contribution in [2.24, 2.45) is 0 Å². The van der Waals surface area contributed by atoms with Gasteiger partial charge in [-0.15, -0.1) is 0 Å². The van der Waals surface area contributed by atoms with E-state index in [2.05, 4.69) is 20.6 Å². The van der Waals surface area contributed by atoms with Crippen molar-refractivity contribution in [1.29, 1.82) is 5.41 Å². The van der Waals surface area contributed by atoms with E-state index in [0.29, 0.717) is 41.5 Å². The lowest BCUT2D eigenvalue weighted by Gasteiger charge is -2.31. The van der Waals surface area contributed by atoms with E-state index in [-0.39, 0.29) is 34.7 Å². The smallest absolute Gasteiger partial charge is 0.457 e. The summed E-state index contributed by atoms with van der Waals surface area (Å²) in [5.74, 6) is 0.818. The van der Waals surface area contributed by atoms with Gasteiger partial charge in [0.1, 0.15) is 29.5 Å². The summed E-state index contributed by atoms with van der Waals surface area (Å²) in [6.45, 7) is 0.709. The standard InChI is InChI=1S/C34H30N6O7/c35-29(22-13-15-26(16-14-22)45-25-11-5-2-6-12-25)28-31(38-24-10-7-17-40(18-24)21-41)36-20-37-32(28)39-33(42)44-19-27-30(47-34(43)46-27)23-8-3-1-4-9-23/h1-6,8-9,11-16,20-21,24,35H,7,10,17-19H2,(H2,36,37,38,39,42). The molecule has 13 heteroatoms. The Morgan fingerprint density at radius 2 is 1.66 bits per heavy atom. The molecule has 3 heterocycles. The maximum Gasteiger partial charge on any atom is 0.519 e. The number of aromatic nitrogens is 2. The highest BCUT2D eigenvalue weighted by atomic mass is 16.6. The van der Waals surface area contributed by atoms with Crippen LogP contribution in [0.4, 0.5) is 16.4 Å². The molecule has 1 saturated heterocycles. The minimum absolute atomic E-state index is 0.0158. The number of nitrogens with zero attached hydrogens (tertiary/aromatic N) is 3. The zero-order chi connectivity index (χ0) is 32.6. The van der Waals surface area contributed by atoms with Gasteiger partial charge in [0.15, 0.2) is 18.1 Å². The van der Waals surface area contributed by atoms with E-state index in [4.69, 9.17) is 23.7 Å². The van der Waals surface area contributed by atoms with Crippen molar-refractivity contribution in [3.8, 4) is 22.8 Å². The van der Waals surface area contributed by atoms with Gasteiger partial charge in [0, 0.05) is 30.3 Å². The number of para-hydroxylation sites is 1. The van der Waals surface area contributed by atoms with Crippen LogP contribution >= 0.6 is 0 Å².